The van der Waals surface area contributed by atoms with Gasteiger partial charge in [0.1, 0.15) is 11.2 Å². The molecule has 2 aromatic heterocycles. The van der Waals surface area contributed by atoms with Gasteiger partial charge in [-0.3, -0.25) is 0 Å². The molecule has 7 nitrogen and oxygen atoms in total. The number of rotatable bonds is 4. The third-order valence-corrected chi connectivity index (χ3v) is 2.86. The van der Waals surface area contributed by atoms with E-state index in [2.05, 4.69) is 25.5 Å². The zero-order valence-corrected chi connectivity index (χ0v) is 10.9. The Morgan fingerprint density at radius 3 is 2.62 bits per heavy atom. The number of aromatic carboxylic acids is 1. The van der Waals surface area contributed by atoms with Crippen LogP contribution in [0.3, 0.4) is 0 Å². The van der Waals surface area contributed by atoms with E-state index in [1.54, 1.807) is 6.07 Å². The minimum absolute atomic E-state index is 0.0161. The van der Waals surface area contributed by atoms with E-state index in [0.717, 1.165) is 16.6 Å². The SMILES string of the molecule is O=C(O)c1ccc(CNc2nnc3ccccc3n2)cn1. The van der Waals surface area contributed by atoms with E-state index in [1.807, 2.05) is 24.3 Å². The lowest BCUT2D eigenvalue weighted by atomic mass is 10.2. The predicted octanol–water partition coefficient (Wildman–Crippen LogP) is 1.73. The first-order valence-corrected chi connectivity index (χ1v) is 6.24. The zero-order chi connectivity index (χ0) is 14.7. The largest absolute Gasteiger partial charge is 0.477 e. The standard InChI is InChI=1S/C14H11N5O2/c20-13(21)12-6-5-9(7-15-12)8-16-14-17-10-3-1-2-4-11(10)18-19-14/h1-7H,8H2,(H,20,21)(H,16,17,19). The molecular weight excluding hydrogens is 270 g/mol. The van der Waals surface area contributed by atoms with Gasteiger partial charge in [-0.1, -0.05) is 18.2 Å². The van der Waals surface area contributed by atoms with Crippen molar-refractivity contribution in [2.24, 2.45) is 0 Å². The molecule has 21 heavy (non-hydrogen) atoms. The highest BCUT2D eigenvalue weighted by Crippen LogP contribution is 2.10. The molecule has 0 aliphatic carbocycles. The number of aromatic nitrogens is 4. The normalized spacial score (nSPS) is 10.5. The predicted molar refractivity (Wildman–Crippen MR) is 75.9 cm³/mol. The molecule has 0 saturated carbocycles. The number of carboxylic acids is 1. The van der Waals surface area contributed by atoms with Gasteiger partial charge in [-0.25, -0.2) is 14.8 Å². The lowest BCUT2D eigenvalue weighted by Gasteiger charge is -2.05. The fourth-order valence-electron chi connectivity index (χ4n) is 1.79. The van der Waals surface area contributed by atoms with E-state index >= 15 is 0 Å². The number of hydrogen-bond acceptors (Lipinski definition) is 6. The second-order valence-corrected chi connectivity index (χ2v) is 4.33. The van der Waals surface area contributed by atoms with E-state index in [4.69, 9.17) is 5.11 Å². The third kappa shape index (κ3) is 2.92. The van der Waals surface area contributed by atoms with E-state index in [-0.39, 0.29) is 5.69 Å². The molecule has 0 spiro atoms. The Balaban J connectivity index is 1.72. The second-order valence-electron chi connectivity index (χ2n) is 4.33. The molecular formula is C14H11N5O2. The van der Waals surface area contributed by atoms with Crippen molar-refractivity contribution in [1.29, 1.82) is 0 Å². The number of nitrogens with zero attached hydrogens (tertiary/aromatic N) is 4. The van der Waals surface area contributed by atoms with Crippen LogP contribution in [-0.2, 0) is 6.54 Å². The number of para-hydroxylation sites is 1. The van der Waals surface area contributed by atoms with Crippen molar-refractivity contribution in [3.05, 3.63) is 53.9 Å². The van der Waals surface area contributed by atoms with Gasteiger partial charge in [0.05, 0.1) is 5.52 Å². The Morgan fingerprint density at radius 2 is 1.90 bits per heavy atom. The molecule has 0 radical (unpaired) electrons. The minimum Gasteiger partial charge on any atom is -0.477 e. The van der Waals surface area contributed by atoms with Gasteiger partial charge in [-0.15, -0.1) is 10.2 Å². The van der Waals surface area contributed by atoms with Crippen molar-refractivity contribution < 1.29 is 9.90 Å². The topological polar surface area (TPSA) is 101 Å². The Bertz CT molecular complexity index is 789. The van der Waals surface area contributed by atoms with Crippen LogP contribution < -0.4 is 5.32 Å². The molecule has 0 aliphatic heterocycles. The zero-order valence-electron chi connectivity index (χ0n) is 10.9. The van der Waals surface area contributed by atoms with Gasteiger partial charge < -0.3 is 10.4 Å². The van der Waals surface area contributed by atoms with E-state index in [0.29, 0.717) is 12.5 Å². The number of carboxylic acid groups (broad SMARTS) is 1. The second kappa shape index (κ2) is 5.49. The van der Waals surface area contributed by atoms with Crippen molar-refractivity contribution in [2.45, 2.75) is 6.54 Å². The maximum Gasteiger partial charge on any atom is 0.354 e. The average molecular weight is 281 g/mol. The highest BCUT2D eigenvalue weighted by Gasteiger charge is 2.04. The average Bonchev–Trinajstić information content (AvgIpc) is 2.53. The Labute approximate surface area is 119 Å². The summed E-state index contributed by atoms with van der Waals surface area (Å²) in [5.41, 5.74) is 2.34. The molecule has 3 rings (SSSR count). The van der Waals surface area contributed by atoms with Crippen LogP contribution in [0.25, 0.3) is 11.0 Å². The summed E-state index contributed by atoms with van der Waals surface area (Å²) in [7, 11) is 0. The van der Waals surface area contributed by atoms with Crippen LogP contribution in [-0.4, -0.2) is 31.2 Å². The first-order valence-electron chi connectivity index (χ1n) is 6.24. The number of hydrogen-bond donors (Lipinski definition) is 2. The summed E-state index contributed by atoms with van der Waals surface area (Å²) in [6.45, 7) is 0.437. The van der Waals surface area contributed by atoms with Gasteiger partial charge in [0.2, 0.25) is 5.95 Å². The summed E-state index contributed by atoms with van der Waals surface area (Å²) < 4.78 is 0. The van der Waals surface area contributed by atoms with Crippen LogP contribution in [0.2, 0.25) is 0 Å². The number of anilines is 1. The number of benzene rings is 1. The Hall–Kier alpha value is -3.09. The molecule has 0 bridgehead atoms. The van der Waals surface area contributed by atoms with Crippen molar-refractivity contribution >= 4 is 23.0 Å². The van der Waals surface area contributed by atoms with Crippen molar-refractivity contribution in [3.8, 4) is 0 Å². The quantitative estimate of drug-likeness (QED) is 0.750. The van der Waals surface area contributed by atoms with Crippen LogP contribution in [0.1, 0.15) is 16.1 Å². The summed E-state index contributed by atoms with van der Waals surface area (Å²) in [6, 6.07) is 10.6. The van der Waals surface area contributed by atoms with Crippen LogP contribution >= 0.6 is 0 Å². The van der Waals surface area contributed by atoms with Crippen LogP contribution in [0, 0.1) is 0 Å². The summed E-state index contributed by atoms with van der Waals surface area (Å²) >= 11 is 0. The maximum absolute atomic E-state index is 10.7. The van der Waals surface area contributed by atoms with E-state index in [9.17, 15) is 4.79 Å². The van der Waals surface area contributed by atoms with Crippen LogP contribution in [0.4, 0.5) is 5.95 Å². The summed E-state index contributed by atoms with van der Waals surface area (Å²) in [5.74, 6) is -0.632. The summed E-state index contributed by atoms with van der Waals surface area (Å²) in [4.78, 5) is 18.9. The molecule has 0 fully saturated rings. The molecule has 7 heteroatoms. The molecule has 2 heterocycles. The molecule has 0 unspecified atom stereocenters. The van der Waals surface area contributed by atoms with Gasteiger partial charge in [-0.05, 0) is 23.8 Å². The lowest BCUT2D eigenvalue weighted by Crippen LogP contribution is -2.06. The van der Waals surface area contributed by atoms with Crippen molar-refractivity contribution in [1.82, 2.24) is 20.2 Å². The Kier molecular flexibility index (Phi) is 3.38. The summed E-state index contributed by atoms with van der Waals surface area (Å²) in [6.07, 6.45) is 1.50. The van der Waals surface area contributed by atoms with E-state index < -0.39 is 5.97 Å². The molecule has 0 saturated heterocycles. The van der Waals surface area contributed by atoms with Gasteiger partial charge in [0.15, 0.2) is 0 Å². The van der Waals surface area contributed by atoms with Gasteiger partial charge >= 0.3 is 5.97 Å². The third-order valence-electron chi connectivity index (χ3n) is 2.86. The number of nitrogens with one attached hydrogen (secondary N) is 1. The molecule has 2 N–H and O–H groups in total. The van der Waals surface area contributed by atoms with E-state index in [1.165, 1.54) is 12.3 Å². The highest BCUT2D eigenvalue weighted by molar-refractivity contribution is 5.85. The molecule has 104 valence electrons. The first-order chi connectivity index (χ1) is 10.2. The van der Waals surface area contributed by atoms with Crippen molar-refractivity contribution in [2.75, 3.05) is 5.32 Å². The monoisotopic (exact) mass is 281 g/mol. The number of pyridine rings is 1. The highest BCUT2D eigenvalue weighted by atomic mass is 16.4. The van der Waals surface area contributed by atoms with Crippen molar-refractivity contribution in [3.63, 3.8) is 0 Å². The van der Waals surface area contributed by atoms with Crippen LogP contribution in [0.15, 0.2) is 42.6 Å². The van der Waals surface area contributed by atoms with Gasteiger partial charge in [-0.2, -0.15) is 0 Å². The number of carbonyl (C=O) groups is 1. The number of fused-ring (bicyclic) bond motifs is 1. The van der Waals surface area contributed by atoms with Gasteiger partial charge in [0, 0.05) is 12.7 Å². The lowest BCUT2D eigenvalue weighted by molar-refractivity contribution is 0.0690. The molecule has 0 aliphatic rings. The fraction of sp³-hybridized carbons (Fsp3) is 0.0714. The molecule has 3 aromatic rings. The molecule has 0 atom stereocenters. The van der Waals surface area contributed by atoms with Crippen LogP contribution in [0.5, 0.6) is 0 Å². The maximum atomic E-state index is 10.7. The Morgan fingerprint density at radius 1 is 1.10 bits per heavy atom. The minimum atomic E-state index is -1.04. The molecule has 0 amide bonds. The summed E-state index contributed by atoms with van der Waals surface area (Å²) in [5, 5.41) is 19.9. The fourth-order valence-corrected chi connectivity index (χ4v) is 1.79. The smallest absolute Gasteiger partial charge is 0.354 e. The van der Waals surface area contributed by atoms with Gasteiger partial charge in [0.25, 0.3) is 0 Å². The molecule has 1 aromatic carbocycles. The first kappa shape index (κ1) is 12.9.